The standard InChI is InChI=1S/C17H17BrN2O4S/c1-25(23,24)15-4-2-3-14(11-15)20-16(21)9-10-19-17(22)12-5-7-13(18)8-6-12/h2-8,11H,9-10H2,1H3,(H,19,22)(H,20,21). The van der Waals surface area contributed by atoms with Crippen molar-refractivity contribution >= 4 is 43.3 Å². The number of anilines is 1. The zero-order valence-electron chi connectivity index (χ0n) is 13.5. The lowest BCUT2D eigenvalue weighted by Crippen LogP contribution is -2.27. The van der Waals surface area contributed by atoms with Crippen molar-refractivity contribution in [3.05, 3.63) is 58.6 Å². The molecular weight excluding hydrogens is 408 g/mol. The van der Waals surface area contributed by atoms with E-state index in [1.165, 1.54) is 12.1 Å². The predicted molar refractivity (Wildman–Crippen MR) is 99.3 cm³/mol. The minimum absolute atomic E-state index is 0.0748. The van der Waals surface area contributed by atoms with Gasteiger partial charge in [-0.3, -0.25) is 9.59 Å². The molecule has 132 valence electrons. The van der Waals surface area contributed by atoms with E-state index in [1.807, 2.05) is 0 Å². The number of carbonyl (C=O) groups excluding carboxylic acids is 2. The first-order chi connectivity index (χ1) is 11.8. The van der Waals surface area contributed by atoms with E-state index >= 15 is 0 Å². The number of rotatable bonds is 6. The van der Waals surface area contributed by atoms with Gasteiger partial charge in [-0.1, -0.05) is 22.0 Å². The van der Waals surface area contributed by atoms with Crippen molar-refractivity contribution in [3.63, 3.8) is 0 Å². The maximum Gasteiger partial charge on any atom is 0.251 e. The van der Waals surface area contributed by atoms with Crippen LogP contribution in [0.4, 0.5) is 5.69 Å². The molecule has 2 rings (SSSR count). The van der Waals surface area contributed by atoms with Gasteiger partial charge >= 0.3 is 0 Å². The van der Waals surface area contributed by atoms with E-state index in [1.54, 1.807) is 36.4 Å². The van der Waals surface area contributed by atoms with E-state index in [0.717, 1.165) is 10.7 Å². The van der Waals surface area contributed by atoms with Gasteiger partial charge in [-0.2, -0.15) is 0 Å². The number of sulfone groups is 1. The highest BCUT2D eigenvalue weighted by Gasteiger charge is 2.10. The summed E-state index contributed by atoms with van der Waals surface area (Å²) in [6.45, 7) is 0.173. The summed E-state index contributed by atoms with van der Waals surface area (Å²) in [5, 5.41) is 5.27. The van der Waals surface area contributed by atoms with E-state index in [9.17, 15) is 18.0 Å². The molecule has 2 amide bonds. The lowest BCUT2D eigenvalue weighted by molar-refractivity contribution is -0.116. The number of hydrogen-bond donors (Lipinski definition) is 2. The molecule has 0 aliphatic rings. The van der Waals surface area contributed by atoms with Gasteiger partial charge in [0.15, 0.2) is 9.84 Å². The maximum atomic E-state index is 11.9. The molecule has 0 fully saturated rings. The Morgan fingerprint density at radius 3 is 2.40 bits per heavy atom. The molecule has 0 radical (unpaired) electrons. The highest BCUT2D eigenvalue weighted by atomic mass is 79.9. The summed E-state index contributed by atoms with van der Waals surface area (Å²) in [4.78, 5) is 24.0. The third-order valence-electron chi connectivity index (χ3n) is 3.29. The second-order valence-corrected chi connectivity index (χ2v) is 8.29. The Hall–Kier alpha value is -2.19. The van der Waals surface area contributed by atoms with E-state index in [-0.39, 0.29) is 29.7 Å². The van der Waals surface area contributed by atoms with Gasteiger partial charge in [0.25, 0.3) is 5.91 Å². The van der Waals surface area contributed by atoms with Crippen LogP contribution in [-0.2, 0) is 14.6 Å². The molecule has 2 aromatic carbocycles. The van der Waals surface area contributed by atoms with Gasteiger partial charge in [0.2, 0.25) is 5.91 Å². The van der Waals surface area contributed by atoms with Gasteiger partial charge in [-0.05, 0) is 42.5 Å². The summed E-state index contributed by atoms with van der Waals surface area (Å²) in [6.07, 6.45) is 1.18. The first kappa shape index (κ1) is 19.1. The Balaban J connectivity index is 1.85. The maximum absolute atomic E-state index is 11.9. The van der Waals surface area contributed by atoms with Crippen LogP contribution in [0.2, 0.25) is 0 Å². The van der Waals surface area contributed by atoms with Gasteiger partial charge in [0.1, 0.15) is 0 Å². The summed E-state index contributed by atoms with van der Waals surface area (Å²) in [5.74, 6) is -0.582. The van der Waals surface area contributed by atoms with Crippen LogP contribution in [0.1, 0.15) is 16.8 Å². The number of benzene rings is 2. The summed E-state index contributed by atoms with van der Waals surface area (Å²) in [5.41, 5.74) is 0.900. The summed E-state index contributed by atoms with van der Waals surface area (Å²) < 4.78 is 23.9. The van der Waals surface area contributed by atoms with Crippen molar-refractivity contribution in [3.8, 4) is 0 Å². The van der Waals surface area contributed by atoms with Crippen molar-refractivity contribution in [2.75, 3.05) is 18.1 Å². The number of halogens is 1. The van der Waals surface area contributed by atoms with Crippen molar-refractivity contribution in [2.24, 2.45) is 0 Å². The molecule has 0 saturated heterocycles. The highest BCUT2D eigenvalue weighted by molar-refractivity contribution is 9.10. The monoisotopic (exact) mass is 424 g/mol. The summed E-state index contributed by atoms with van der Waals surface area (Å²) >= 11 is 3.29. The van der Waals surface area contributed by atoms with Gasteiger partial charge in [0.05, 0.1) is 4.90 Å². The molecule has 2 aromatic rings. The lowest BCUT2D eigenvalue weighted by Gasteiger charge is -2.08. The zero-order chi connectivity index (χ0) is 18.4. The first-order valence-corrected chi connectivity index (χ1v) is 10.1. The fourth-order valence-electron chi connectivity index (χ4n) is 2.02. The Kier molecular flexibility index (Phi) is 6.33. The molecule has 0 bridgehead atoms. The normalized spacial score (nSPS) is 11.0. The van der Waals surface area contributed by atoms with Crippen LogP contribution in [0.25, 0.3) is 0 Å². The van der Waals surface area contributed by atoms with Gasteiger partial charge < -0.3 is 10.6 Å². The Bertz CT molecular complexity index is 880. The SMILES string of the molecule is CS(=O)(=O)c1cccc(NC(=O)CCNC(=O)c2ccc(Br)cc2)c1. The first-order valence-electron chi connectivity index (χ1n) is 7.39. The quantitative estimate of drug-likeness (QED) is 0.745. The average Bonchev–Trinajstić information content (AvgIpc) is 2.55. The number of carbonyl (C=O) groups is 2. The fraction of sp³-hybridized carbons (Fsp3) is 0.176. The summed E-state index contributed by atoms with van der Waals surface area (Å²) in [6, 6.07) is 12.9. The van der Waals surface area contributed by atoms with E-state index in [4.69, 9.17) is 0 Å². The minimum Gasteiger partial charge on any atom is -0.352 e. The van der Waals surface area contributed by atoms with E-state index in [2.05, 4.69) is 26.6 Å². The molecular formula is C17H17BrN2O4S. The molecule has 25 heavy (non-hydrogen) atoms. The van der Waals surface area contributed by atoms with Crippen LogP contribution in [0.3, 0.4) is 0 Å². The van der Waals surface area contributed by atoms with Crippen LogP contribution in [0.5, 0.6) is 0 Å². The molecule has 6 nitrogen and oxygen atoms in total. The second-order valence-electron chi connectivity index (χ2n) is 5.36. The minimum atomic E-state index is -3.33. The molecule has 0 spiro atoms. The molecule has 0 heterocycles. The topological polar surface area (TPSA) is 92.3 Å². The van der Waals surface area contributed by atoms with Gasteiger partial charge in [0, 0.05) is 34.9 Å². The predicted octanol–water partition coefficient (Wildman–Crippen LogP) is 2.61. The molecule has 0 unspecified atom stereocenters. The van der Waals surface area contributed by atoms with Crippen molar-refractivity contribution in [1.29, 1.82) is 0 Å². The van der Waals surface area contributed by atoms with Gasteiger partial charge in [-0.15, -0.1) is 0 Å². The average molecular weight is 425 g/mol. The Morgan fingerprint density at radius 1 is 1.08 bits per heavy atom. The van der Waals surface area contributed by atoms with Crippen molar-refractivity contribution in [1.82, 2.24) is 5.32 Å². The van der Waals surface area contributed by atoms with E-state index in [0.29, 0.717) is 11.3 Å². The number of nitrogens with one attached hydrogen (secondary N) is 2. The van der Waals surface area contributed by atoms with Crippen LogP contribution < -0.4 is 10.6 Å². The Labute approximate surface area is 154 Å². The van der Waals surface area contributed by atoms with Crippen molar-refractivity contribution in [2.45, 2.75) is 11.3 Å². The highest BCUT2D eigenvalue weighted by Crippen LogP contribution is 2.15. The Morgan fingerprint density at radius 2 is 1.76 bits per heavy atom. The molecule has 0 aromatic heterocycles. The smallest absolute Gasteiger partial charge is 0.251 e. The lowest BCUT2D eigenvalue weighted by atomic mass is 10.2. The van der Waals surface area contributed by atoms with Crippen LogP contribution in [-0.4, -0.2) is 33.0 Å². The largest absolute Gasteiger partial charge is 0.352 e. The van der Waals surface area contributed by atoms with Crippen LogP contribution >= 0.6 is 15.9 Å². The fourth-order valence-corrected chi connectivity index (χ4v) is 2.95. The van der Waals surface area contributed by atoms with Crippen LogP contribution in [0.15, 0.2) is 57.9 Å². The number of hydrogen-bond acceptors (Lipinski definition) is 4. The molecule has 2 N–H and O–H groups in total. The summed E-state index contributed by atoms with van der Waals surface area (Å²) in [7, 11) is -3.33. The van der Waals surface area contributed by atoms with Crippen molar-refractivity contribution < 1.29 is 18.0 Å². The molecule has 0 aliphatic heterocycles. The molecule has 0 aliphatic carbocycles. The van der Waals surface area contributed by atoms with Crippen LogP contribution in [0, 0.1) is 0 Å². The third-order valence-corrected chi connectivity index (χ3v) is 4.93. The second kappa shape index (κ2) is 8.26. The number of amides is 2. The third kappa shape index (κ3) is 5.99. The van der Waals surface area contributed by atoms with Gasteiger partial charge in [-0.25, -0.2) is 8.42 Å². The molecule has 8 heteroatoms. The molecule has 0 atom stereocenters. The molecule has 0 saturated carbocycles. The van der Waals surface area contributed by atoms with E-state index < -0.39 is 9.84 Å². The zero-order valence-corrected chi connectivity index (χ0v) is 15.9.